The van der Waals surface area contributed by atoms with Crippen molar-refractivity contribution in [1.82, 2.24) is 0 Å². The average Bonchev–Trinajstić information content (AvgIpc) is 2.73. The van der Waals surface area contributed by atoms with Gasteiger partial charge < -0.3 is 15.9 Å². The highest BCUT2D eigenvalue weighted by atomic mass is 19.1. The third kappa shape index (κ3) is 1.84. The molecular formula is C19H26FNO2. The first kappa shape index (κ1) is 15.3. The molecule has 3 nitrogen and oxygen atoms in total. The van der Waals surface area contributed by atoms with Crippen molar-refractivity contribution in [3.63, 3.8) is 0 Å². The summed E-state index contributed by atoms with van der Waals surface area (Å²) in [4.78, 5) is 0. The molecule has 0 aliphatic heterocycles. The molecule has 0 saturated heterocycles. The number of rotatable bonds is 0. The summed E-state index contributed by atoms with van der Waals surface area (Å²) in [6, 6.07) is 0. The van der Waals surface area contributed by atoms with Gasteiger partial charge in [0, 0.05) is 17.5 Å². The Hall–Kier alpha value is -1.29. The Balaban J connectivity index is 1.74. The van der Waals surface area contributed by atoms with E-state index >= 15 is 0 Å². The normalized spacial score (nSPS) is 51.8. The largest absolute Gasteiger partial charge is 0.508 e. The Bertz CT molecular complexity index is 639. The molecule has 4 heteroatoms. The highest BCUT2D eigenvalue weighted by Gasteiger charge is 2.61. The second-order valence-corrected chi connectivity index (χ2v) is 8.47. The number of fused-ring (bicyclic) bond motifs is 5. The molecule has 0 aromatic rings. The third-order valence-electron chi connectivity index (χ3n) is 7.55. The van der Waals surface area contributed by atoms with E-state index in [4.69, 9.17) is 5.73 Å². The number of hydrogen-bond donors (Lipinski definition) is 3. The molecule has 4 aliphatic carbocycles. The van der Waals surface area contributed by atoms with Gasteiger partial charge in [-0.1, -0.05) is 19.9 Å². The molecule has 2 fully saturated rings. The summed E-state index contributed by atoms with van der Waals surface area (Å²) >= 11 is 0. The third-order valence-corrected chi connectivity index (χ3v) is 7.55. The van der Waals surface area contributed by atoms with E-state index in [1.54, 1.807) is 6.08 Å². The van der Waals surface area contributed by atoms with E-state index in [1.807, 2.05) is 6.08 Å². The van der Waals surface area contributed by atoms with Gasteiger partial charge in [-0.3, -0.25) is 0 Å². The highest BCUT2D eigenvalue weighted by molar-refractivity contribution is 5.31. The van der Waals surface area contributed by atoms with Gasteiger partial charge in [0.2, 0.25) is 0 Å². The van der Waals surface area contributed by atoms with E-state index < -0.39 is 6.10 Å². The summed E-state index contributed by atoms with van der Waals surface area (Å²) in [5.74, 6) is 0.714. The molecule has 4 rings (SSSR count). The maximum atomic E-state index is 14.2. The first-order valence-electron chi connectivity index (χ1n) is 8.70. The van der Waals surface area contributed by atoms with E-state index in [1.165, 1.54) is 0 Å². The van der Waals surface area contributed by atoms with Crippen LogP contribution in [0.3, 0.4) is 0 Å². The van der Waals surface area contributed by atoms with Crippen molar-refractivity contribution in [3.8, 4) is 0 Å². The van der Waals surface area contributed by atoms with Gasteiger partial charge >= 0.3 is 0 Å². The van der Waals surface area contributed by atoms with Crippen LogP contribution in [0.2, 0.25) is 0 Å². The molecule has 4 aliphatic rings. The maximum Gasteiger partial charge on any atom is 0.119 e. The number of hydrogen-bond acceptors (Lipinski definition) is 3. The van der Waals surface area contributed by atoms with Crippen LogP contribution in [0.5, 0.6) is 0 Å². The number of allylic oxidation sites excluding steroid dienone is 5. The second kappa shape index (κ2) is 4.62. The average molecular weight is 319 g/mol. The van der Waals surface area contributed by atoms with Gasteiger partial charge in [-0.15, -0.1) is 0 Å². The van der Waals surface area contributed by atoms with Crippen molar-refractivity contribution < 1.29 is 14.6 Å². The van der Waals surface area contributed by atoms with Gasteiger partial charge in [0.25, 0.3) is 0 Å². The highest BCUT2D eigenvalue weighted by Crippen LogP contribution is 2.65. The van der Waals surface area contributed by atoms with Crippen LogP contribution in [-0.4, -0.2) is 16.3 Å². The predicted molar refractivity (Wildman–Crippen MR) is 86.8 cm³/mol. The lowest BCUT2D eigenvalue weighted by atomic mass is 9.46. The molecule has 0 aromatic carbocycles. The molecule has 4 N–H and O–H groups in total. The lowest BCUT2D eigenvalue weighted by Crippen LogP contribution is -2.56. The Morgan fingerprint density at radius 3 is 2.78 bits per heavy atom. The summed E-state index contributed by atoms with van der Waals surface area (Å²) in [5.41, 5.74) is 6.11. The van der Waals surface area contributed by atoms with Gasteiger partial charge in [-0.25, -0.2) is 4.39 Å². The smallest absolute Gasteiger partial charge is 0.119 e. The standard InChI is InChI=1S/C19H26FNO2/c1-18-5-3-11(22)7-10(18)8-15(23)16-12(18)4-6-19(2)13(16)9-14(20)17(19)21/h3,5,7,10,12-13,15-16,22-23H,4,6,8-9,21H2,1-2H3/t10?,12-,13-,15-,16+,18-,19-/m0/s1. The quantitative estimate of drug-likeness (QED) is 0.639. The van der Waals surface area contributed by atoms with Gasteiger partial charge in [-0.05, 0) is 60.5 Å². The minimum absolute atomic E-state index is 0.0695. The lowest BCUT2D eigenvalue weighted by Gasteiger charge is -2.59. The van der Waals surface area contributed by atoms with Gasteiger partial charge in [-0.2, -0.15) is 0 Å². The fraction of sp³-hybridized carbons (Fsp3) is 0.684. The van der Waals surface area contributed by atoms with Crippen LogP contribution in [0.4, 0.5) is 4.39 Å². The van der Waals surface area contributed by atoms with Gasteiger partial charge in [0.05, 0.1) is 6.10 Å². The first-order valence-corrected chi connectivity index (χ1v) is 8.70. The van der Waals surface area contributed by atoms with Crippen LogP contribution in [-0.2, 0) is 0 Å². The lowest BCUT2D eigenvalue weighted by molar-refractivity contribution is -0.118. The first-order chi connectivity index (χ1) is 10.8. The van der Waals surface area contributed by atoms with E-state index in [-0.39, 0.29) is 40.2 Å². The topological polar surface area (TPSA) is 66.5 Å². The van der Waals surface area contributed by atoms with Crippen LogP contribution >= 0.6 is 0 Å². The summed E-state index contributed by atoms with van der Waals surface area (Å²) in [5, 5.41) is 20.7. The second-order valence-electron chi connectivity index (χ2n) is 8.47. The summed E-state index contributed by atoms with van der Waals surface area (Å²) < 4.78 is 14.2. The summed E-state index contributed by atoms with van der Waals surface area (Å²) in [7, 11) is 0. The van der Waals surface area contributed by atoms with Crippen molar-refractivity contribution in [2.75, 3.05) is 0 Å². The molecule has 1 unspecified atom stereocenters. The molecule has 0 radical (unpaired) electrons. The zero-order valence-corrected chi connectivity index (χ0v) is 13.8. The Labute approximate surface area is 136 Å². The monoisotopic (exact) mass is 319 g/mol. The number of aliphatic hydroxyl groups excluding tert-OH is 2. The molecule has 126 valence electrons. The number of aliphatic hydroxyl groups is 2. The zero-order valence-electron chi connectivity index (χ0n) is 13.8. The fourth-order valence-corrected chi connectivity index (χ4v) is 6.08. The van der Waals surface area contributed by atoms with Crippen molar-refractivity contribution in [2.24, 2.45) is 40.2 Å². The van der Waals surface area contributed by atoms with Crippen LogP contribution in [0, 0.1) is 34.5 Å². The molecule has 23 heavy (non-hydrogen) atoms. The molecule has 0 bridgehead atoms. The molecule has 0 spiro atoms. The molecule has 7 atom stereocenters. The van der Waals surface area contributed by atoms with E-state index in [9.17, 15) is 14.6 Å². The molecule has 2 saturated carbocycles. The van der Waals surface area contributed by atoms with Crippen molar-refractivity contribution in [2.45, 2.75) is 45.6 Å². The van der Waals surface area contributed by atoms with Crippen LogP contribution in [0.1, 0.15) is 39.5 Å². The molecule has 0 amide bonds. The minimum atomic E-state index is -0.461. The van der Waals surface area contributed by atoms with Gasteiger partial charge in [0.15, 0.2) is 0 Å². The SMILES string of the molecule is C[C@]12C=CC(O)=CC1C[C@H](O)[C@@H]1[C@@H]2CC[C@]2(C)C(N)=C(F)C[C@@H]12. The van der Waals surface area contributed by atoms with Crippen molar-refractivity contribution in [1.29, 1.82) is 0 Å². The zero-order chi connectivity index (χ0) is 16.6. The molecule has 0 heterocycles. The van der Waals surface area contributed by atoms with Crippen molar-refractivity contribution >= 4 is 0 Å². The van der Waals surface area contributed by atoms with Crippen LogP contribution in [0.15, 0.2) is 35.5 Å². The maximum absolute atomic E-state index is 14.2. The van der Waals surface area contributed by atoms with E-state index in [0.717, 1.165) is 12.8 Å². The van der Waals surface area contributed by atoms with E-state index in [2.05, 4.69) is 19.9 Å². The predicted octanol–water partition coefficient (Wildman–Crippen LogP) is 3.58. The number of nitrogens with two attached hydrogens (primary N) is 1. The fourth-order valence-electron chi connectivity index (χ4n) is 6.08. The van der Waals surface area contributed by atoms with Crippen LogP contribution < -0.4 is 5.73 Å². The van der Waals surface area contributed by atoms with Crippen molar-refractivity contribution in [3.05, 3.63) is 35.5 Å². The minimum Gasteiger partial charge on any atom is -0.508 e. The van der Waals surface area contributed by atoms with Crippen LogP contribution in [0.25, 0.3) is 0 Å². The Morgan fingerprint density at radius 2 is 2.04 bits per heavy atom. The summed E-state index contributed by atoms with van der Waals surface area (Å²) in [6.45, 7) is 4.30. The molecule has 0 aromatic heterocycles. The van der Waals surface area contributed by atoms with Gasteiger partial charge in [0.1, 0.15) is 11.6 Å². The number of halogens is 1. The van der Waals surface area contributed by atoms with E-state index in [0.29, 0.717) is 24.5 Å². The Kier molecular flexibility index (Phi) is 3.07. The molecular weight excluding hydrogens is 293 g/mol. The Morgan fingerprint density at radius 1 is 1.30 bits per heavy atom. The summed E-state index contributed by atoms with van der Waals surface area (Å²) in [6.07, 6.45) is 8.12.